The average molecular weight is 524 g/mol. The van der Waals surface area contributed by atoms with Crippen LogP contribution in [0.3, 0.4) is 0 Å². The molecule has 37 heavy (non-hydrogen) atoms. The first-order valence-electron chi connectivity index (χ1n) is 11.5. The Balaban J connectivity index is 1.62. The minimum atomic E-state index is -4.53. The molecule has 2 aromatic heterocycles. The van der Waals surface area contributed by atoms with Gasteiger partial charge in [-0.2, -0.15) is 18.3 Å². The molecule has 1 saturated heterocycles. The highest BCUT2D eigenvalue weighted by Crippen LogP contribution is 2.37. The summed E-state index contributed by atoms with van der Waals surface area (Å²) in [5.74, 6) is -3.69. The van der Waals surface area contributed by atoms with E-state index >= 15 is 0 Å². The van der Waals surface area contributed by atoms with E-state index in [1.165, 1.54) is 11.8 Å². The monoisotopic (exact) mass is 523 g/mol. The van der Waals surface area contributed by atoms with Crippen LogP contribution in [0.5, 0.6) is 5.75 Å². The highest BCUT2D eigenvalue weighted by molar-refractivity contribution is 5.99. The number of carbonyl (C=O) groups is 1. The van der Waals surface area contributed by atoms with Gasteiger partial charge < -0.3 is 15.0 Å². The van der Waals surface area contributed by atoms with Crippen molar-refractivity contribution in [1.29, 1.82) is 0 Å². The molecule has 0 radical (unpaired) electrons. The van der Waals surface area contributed by atoms with Crippen molar-refractivity contribution in [3.05, 3.63) is 60.0 Å². The number of amides is 1. The first-order chi connectivity index (χ1) is 17.4. The number of alkyl halides is 5. The molecule has 7 nitrogen and oxygen atoms in total. The molecule has 0 saturated carbocycles. The Morgan fingerprint density at radius 3 is 2.65 bits per heavy atom. The number of nitrogens with one attached hydrogen (secondary N) is 1. The summed E-state index contributed by atoms with van der Waals surface area (Å²) in [6.45, 7) is 0.820. The van der Waals surface area contributed by atoms with Gasteiger partial charge in [-0.3, -0.25) is 9.48 Å². The number of benzene rings is 1. The first-order valence-corrected chi connectivity index (χ1v) is 11.5. The van der Waals surface area contributed by atoms with E-state index in [9.17, 15) is 26.7 Å². The second-order valence-corrected chi connectivity index (χ2v) is 9.15. The van der Waals surface area contributed by atoms with Gasteiger partial charge in [0.05, 0.1) is 25.3 Å². The van der Waals surface area contributed by atoms with Crippen LogP contribution >= 0.6 is 0 Å². The SMILES string of the molecule is COc1cccc(-c2cn(C)nc2C(=O)N2CC(F)(F)CC(C)C2CNc2ccc(C(F)(F)F)cn2)c1. The molecule has 1 N–H and O–H groups in total. The number of halogens is 5. The zero-order chi connectivity index (χ0) is 27.0. The molecule has 1 amide bonds. The lowest BCUT2D eigenvalue weighted by atomic mass is 9.88. The minimum absolute atomic E-state index is 0.0123. The second-order valence-electron chi connectivity index (χ2n) is 9.15. The molecule has 12 heteroatoms. The van der Waals surface area contributed by atoms with Gasteiger partial charge in [0.1, 0.15) is 11.6 Å². The molecule has 1 aliphatic heterocycles. The molecular weight excluding hydrogens is 497 g/mol. The molecule has 3 heterocycles. The number of carbonyl (C=O) groups excluding carboxylic acids is 1. The van der Waals surface area contributed by atoms with Crippen LogP contribution in [0.15, 0.2) is 48.8 Å². The molecule has 198 valence electrons. The summed E-state index contributed by atoms with van der Waals surface area (Å²) in [6.07, 6.45) is -2.64. The Morgan fingerprint density at radius 1 is 1.24 bits per heavy atom. The molecule has 0 aliphatic carbocycles. The second kappa shape index (κ2) is 9.98. The van der Waals surface area contributed by atoms with Crippen LogP contribution in [0.25, 0.3) is 11.1 Å². The molecule has 1 aromatic carbocycles. The molecule has 2 unspecified atom stereocenters. The van der Waals surface area contributed by atoms with Crippen LogP contribution in [0.4, 0.5) is 27.8 Å². The molecular formula is C25H26F5N5O2. The van der Waals surface area contributed by atoms with Gasteiger partial charge >= 0.3 is 6.18 Å². The van der Waals surface area contributed by atoms with Crippen molar-refractivity contribution in [3.63, 3.8) is 0 Å². The topological polar surface area (TPSA) is 72.3 Å². The van der Waals surface area contributed by atoms with Crippen molar-refractivity contribution in [1.82, 2.24) is 19.7 Å². The summed E-state index contributed by atoms with van der Waals surface area (Å²) >= 11 is 0. The Kier molecular flexibility index (Phi) is 7.11. The third-order valence-electron chi connectivity index (χ3n) is 6.34. The Morgan fingerprint density at radius 2 is 2.00 bits per heavy atom. The van der Waals surface area contributed by atoms with Gasteiger partial charge in [0.2, 0.25) is 0 Å². The number of methoxy groups -OCH3 is 1. The van der Waals surface area contributed by atoms with Crippen LogP contribution in [0, 0.1) is 5.92 Å². The van der Waals surface area contributed by atoms with Crippen LogP contribution < -0.4 is 10.1 Å². The van der Waals surface area contributed by atoms with E-state index in [0.717, 1.165) is 17.0 Å². The maximum absolute atomic E-state index is 14.6. The highest BCUT2D eigenvalue weighted by atomic mass is 19.4. The summed E-state index contributed by atoms with van der Waals surface area (Å²) in [4.78, 5) is 18.6. The molecule has 0 spiro atoms. The van der Waals surface area contributed by atoms with Crippen molar-refractivity contribution in [2.45, 2.75) is 31.5 Å². The predicted octanol–water partition coefficient (Wildman–Crippen LogP) is 5.11. The third kappa shape index (κ3) is 5.83. The summed E-state index contributed by atoms with van der Waals surface area (Å²) < 4.78 is 74.4. The smallest absolute Gasteiger partial charge is 0.417 e. The largest absolute Gasteiger partial charge is 0.497 e. The van der Waals surface area contributed by atoms with Crippen LogP contribution in [-0.4, -0.2) is 57.7 Å². The van der Waals surface area contributed by atoms with E-state index in [0.29, 0.717) is 23.1 Å². The first kappa shape index (κ1) is 26.4. The van der Waals surface area contributed by atoms with Crippen molar-refractivity contribution in [2.75, 3.05) is 25.5 Å². The van der Waals surface area contributed by atoms with Crippen LogP contribution in [-0.2, 0) is 13.2 Å². The van der Waals surface area contributed by atoms with E-state index in [4.69, 9.17) is 4.74 Å². The fourth-order valence-electron chi connectivity index (χ4n) is 4.54. The number of rotatable bonds is 6. The number of nitrogens with zero attached hydrogens (tertiary/aromatic N) is 4. The summed E-state index contributed by atoms with van der Waals surface area (Å²) in [5.41, 5.74) is 0.208. The highest BCUT2D eigenvalue weighted by Gasteiger charge is 2.46. The van der Waals surface area contributed by atoms with Crippen molar-refractivity contribution < 1.29 is 31.5 Å². The van der Waals surface area contributed by atoms with E-state index < -0.39 is 48.5 Å². The maximum atomic E-state index is 14.6. The van der Waals surface area contributed by atoms with E-state index in [-0.39, 0.29) is 18.1 Å². The Bertz CT molecular complexity index is 1260. The normalized spacial score (nSPS) is 19.5. The van der Waals surface area contributed by atoms with Crippen molar-refractivity contribution >= 4 is 11.7 Å². The van der Waals surface area contributed by atoms with E-state index in [1.54, 1.807) is 44.4 Å². The van der Waals surface area contributed by atoms with E-state index in [2.05, 4.69) is 15.4 Å². The number of hydrogen-bond donors (Lipinski definition) is 1. The number of likely N-dealkylation sites (tertiary alicyclic amines) is 1. The lowest BCUT2D eigenvalue weighted by Crippen LogP contribution is -2.57. The average Bonchev–Trinajstić information content (AvgIpc) is 3.23. The number of hydrogen-bond acceptors (Lipinski definition) is 5. The number of pyridine rings is 1. The van der Waals surface area contributed by atoms with E-state index in [1.807, 2.05) is 0 Å². The zero-order valence-corrected chi connectivity index (χ0v) is 20.4. The molecule has 3 aromatic rings. The van der Waals surface area contributed by atoms with Gasteiger partial charge in [0, 0.05) is 38.0 Å². The number of ether oxygens (including phenoxy) is 1. The predicted molar refractivity (Wildman–Crippen MR) is 126 cm³/mol. The fourth-order valence-corrected chi connectivity index (χ4v) is 4.54. The molecule has 1 aliphatic rings. The maximum Gasteiger partial charge on any atom is 0.417 e. The Labute approximate surface area is 210 Å². The minimum Gasteiger partial charge on any atom is -0.497 e. The molecule has 4 rings (SSSR count). The zero-order valence-electron chi connectivity index (χ0n) is 20.4. The summed E-state index contributed by atoms with van der Waals surface area (Å²) in [7, 11) is 3.14. The van der Waals surface area contributed by atoms with Crippen LogP contribution in [0.1, 0.15) is 29.4 Å². The third-order valence-corrected chi connectivity index (χ3v) is 6.34. The Hall–Kier alpha value is -3.70. The summed E-state index contributed by atoms with van der Waals surface area (Å²) in [6, 6.07) is 8.33. The van der Waals surface area contributed by atoms with Crippen LogP contribution in [0.2, 0.25) is 0 Å². The molecule has 0 bridgehead atoms. The quantitative estimate of drug-likeness (QED) is 0.455. The van der Waals surface area contributed by atoms with Gasteiger partial charge in [0.15, 0.2) is 5.69 Å². The number of piperidine rings is 1. The molecule has 2 atom stereocenters. The lowest BCUT2D eigenvalue weighted by molar-refractivity contribution is -0.137. The standard InChI is InChI=1S/C25H26F5N5O2/c1-15-10-24(26,27)14-35(20(15)12-32-21-8-7-17(11-31-21)25(28,29)30)23(36)22-19(13-34(2)33-22)16-5-4-6-18(9-16)37-3/h4-9,11,13,15,20H,10,12,14H2,1-3H3,(H,31,32). The van der Waals surface area contributed by atoms with Gasteiger partial charge in [-0.15, -0.1) is 0 Å². The van der Waals surface area contributed by atoms with Crippen molar-refractivity contribution in [3.8, 4) is 16.9 Å². The summed E-state index contributed by atoms with van der Waals surface area (Å²) in [5, 5.41) is 7.17. The molecule has 1 fully saturated rings. The lowest BCUT2D eigenvalue weighted by Gasteiger charge is -2.43. The van der Waals surface area contributed by atoms with Gasteiger partial charge in [-0.05, 0) is 35.7 Å². The van der Waals surface area contributed by atoms with Gasteiger partial charge in [-0.1, -0.05) is 19.1 Å². The fraction of sp³-hybridized carbons (Fsp3) is 0.400. The van der Waals surface area contributed by atoms with Gasteiger partial charge in [0.25, 0.3) is 11.8 Å². The van der Waals surface area contributed by atoms with Gasteiger partial charge in [-0.25, -0.2) is 13.8 Å². The number of anilines is 1. The van der Waals surface area contributed by atoms with Crippen molar-refractivity contribution in [2.24, 2.45) is 13.0 Å². The number of aromatic nitrogens is 3. The number of aryl methyl sites for hydroxylation is 1.